The lowest BCUT2D eigenvalue weighted by atomic mass is 9.79. The van der Waals surface area contributed by atoms with Crippen LogP contribution in [0.2, 0.25) is 0 Å². The van der Waals surface area contributed by atoms with E-state index < -0.39 is 0 Å². The summed E-state index contributed by atoms with van der Waals surface area (Å²) in [5, 5.41) is 19.4. The van der Waals surface area contributed by atoms with Crippen LogP contribution in [0.25, 0.3) is 10.2 Å². The molecular formula is C19H20IN3O3S. The largest absolute Gasteiger partial charge is 0.510 e. The number of halogens is 1. The van der Waals surface area contributed by atoms with Crippen molar-refractivity contribution in [3.05, 3.63) is 34.7 Å². The number of hydrogen-bond acceptors (Lipinski definition) is 7. The third-order valence-electron chi connectivity index (χ3n) is 5.37. The zero-order valence-corrected chi connectivity index (χ0v) is 18.2. The maximum atomic E-state index is 12.9. The van der Waals surface area contributed by atoms with Crippen molar-refractivity contribution in [3.63, 3.8) is 0 Å². The first-order valence-corrected chi connectivity index (χ1v) is 10.9. The molecule has 27 heavy (non-hydrogen) atoms. The van der Waals surface area contributed by atoms with Crippen molar-refractivity contribution in [2.45, 2.75) is 36.7 Å². The molecule has 6 nitrogen and oxygen atoms in total. The number of ether oxygens (including phenoxy) is 1. The van der Waals surface area contributed by atoms with Crippen LogP contribution in [0.15, 0.2) is 33.8 Å². The predicted octanol–water partition coefficient (Wildman–Crippen LogP) is 5.19. The molecule has 0 aliphatic heterocycles. The van der Waals surface area contributed by atoms with Gasteiger partial charge in [0, 0.05) is 22.9 Å². The normalized spacial score (nSPS) is 28.5. The van der Waals surface area contributed by atoms with Crippen LogP contribution in [0.5, 0.6) is 0 Å². The highest BCUT2D eigenvalue weighted by atomic mass is 127. The van der Waals surface area contributed by atoms with Crippen LogP contribution in [-0.2, 0) is 9.53 Å². The number of nitrogens with zero attached hydrogens (tertiary/aromatic N) is 3. The van der Waals surface area contributed by atoms with E-state index in [9.17, 15) is 9.90 Å². The summed E-state index contributed by atoms with van der Waals surface area (Å²) in [6.07, 6.45) is 1.57. The summed E-state index contributed by atoms with van der Waals surface area (Å²) in [5.74, 6) is -0.549. The Labute approximate surface area is 174 Å². The van der Waals surface area contributed by atoms with E-state index in [2.05, 4.69) is 43.9 Å². The molecule has 1 saturated carbocycles. The number of benzene rings is 1. The number of fused-ring (bicyclic) bond motifs is 2. The Morgan fingerprint density at radius 2 is 2.07 bits per heavy atom. The number of carbonyl (C=O) groups excluding carboxylic acids is 1. The first-order chi connectivity index (χ1) is 12.9. The molecule has 4 rings (SSSR count). The van der Waals surface area contributed by atoms with E-state index in [0.717, 1.165) is 34.2 Å². The van der Waals surface area contributed by atoms with Gasteiger partial charge in [-0.05, 0) is 43.9 Å². The monoisotopic (exact) mass is 497 g/mol. The van der Waals surface area contributed by atoms with Gasteiger partial charge in [-0.1, -0.05) is 40.0 Å². The number of methoxy groups -OCH3 is 1. The molecule has 4 atom stereocenters. The highest BCUT2D eigenvalue weighted by Crippen LogP contribution is 2.47. The van der Waals surface area contributed by atoms with Crippen LogP contribution in [-0.4, -0.2) is 33.0 Å². The number of thiazole rings is 1. The summed E-state index contributed by atoms with van der Waals surface area (Å²) < 4.78 is 6.57. The number of allylic oxidation sites excluding steroid dienone is 2. The number of aliphatic hydroxyl groups is 1. The van der Waals surface area contributed by atoms with Gasteiger partial charge in [0.1, 0.15) is 5.76 Å². The molecule has 1 fully saturated rings. The van der Waals surface area contributed by atoms with E-state index in [1.807, 2.05) is 19.9 Å². The van der Waals surface area contributed by atoms with Crippen molar-refractivity contribution in [1.29, 1.82) is 0 Å². The molecule has 2 aliphatic rings. The van der Waals surface area contributed by atoms with Crippen LogP contribution in [0.4, 0.5) is 5.13 Å². The molecule has 0 amide bonds. The number of ketones is 1. The van der Waals surface area contributed by atoms with Gasteiger partial charge in [0.05, 0.1) is 16.3 Å². The zero-order valence-electron chi connectivity index (χ0n) is 15.3. The summed E-state index contributed by atoms with van der Waals surface area (Å²) >= 11 is 3.70. The summed E-state index contributed by atoms with van der Waals surface area (Å²) in [5.41, 5.74) is 3.25. The summed E-state index contributed by atoms with van der Waals surface area (Å²) in [4.78, 5) is 17.4. The Kier molecular flexibility index (Phi) is 5.06. The highest BCUT2D eigenvalue weighted by Gasteiger charge is 2.51. The molecule has 1 N–H and O–H groups in total. The molecule has 0 saturated heterocycles. The molecule has 4 unspecified atom stereocenters. The molecule has 8 heteroatoms. The molecule has 0 bridgehead atoms. The number of azo groups is 1. The van der Waals surface area contributed by atoms with Crippen LogP contribution in [0.3, 0.4) is 0 Å². The van der Waals surface area contributed by atoms with E-state index >= 15 is 0 Å². The van der Waals surface area contributed by atoms with E-state index in [0.29, 0.717) is 5.13 Å². The Balaban J connectivity index is 1.63. The number of aryl methyl sites for hydroxylation is 2. The van der Waals surface area contributed by atoms with Crippen molar-refractivity contribution in [3.8, 4) is 0 Å². The van der Waals surface area contributed by atoms with Crippen LogP contribution in [0, 0.1) is 25.7 Å². The zero-order chi connectivity index (χ0) is 19.3. The Morgan fingerprint density at radius 1 is 1.30 bits per heavy atom. The lowest BCUT2D eigenvalue weighted by Gasteiger charge is -2.34. The molecule has 1 aromatic carbocycles. The molecule has 2 aromatic rings. The quantitative estimate of drug-likeness (QED) is 0.359. The molecule has 2 aliphatic carbocycles. The third kappa shape index (κ3) is 3.21. The molecule has 0 spiro atoms. The standard InChI is InChI=1S/C19H20IN3O3S/c1-8-6-9(2)18-11(7-8)21-19(27-18)23-22-15-16(24)10-4-5-12(26-3)14(20)13(10)17(15)25/h6-7,10,12-14,24H,4-5H2,1-3H3. The van der Waals surface area contributed by atoms with Gasteiger partial charge in [-0.3, -0.25) is 4.79 Å². The molecule has 0 radical (unpaired) electrons. The first kappa shape index (κ1) is 18.9. The van der Waals surface area contributed by atoms with E-state index in [-0.39, 0.29) is 39.1 Å². The fourth-order valence-electron chi connectivity index (χ4n) is 4.08. The maximum Gasteiger partial charge on any atom is 0.231 e. The summed E-state index contributed by atoms with van der Waals surface area (Å²) in [7, 11) is 1.67. The molecule has 1 aromatic heterocycles. The number of carbonyl (C=O) groups is 1. The number of aromatic nitrogens is 1. The molecule has 142 valence electrons. The number of aliphatic hydroxyl groups excluding tert-OH is 1. The Hall–Kier alpha value is -1.39. The number of Topliss-reactive ketones (excluding diaryl/α,β-unsaturated/α-hetero) is 1. The second-order valence-electron chi connectivity index (χ2n) is 7.15. The lowest BCUT2D eigenvalue weighted by Crippen LogP contribution is -2.41. The number of hydrogen-bond donors (Lipinski definition) is 1. The first-order valence-electron chi connectivity index (χ1n) is 8.84. The van der Waals surface area contributed by atoms with Gasteiger partial charge in [-0.2, -0.15) is 0 Å². The average Bonchev–Trinajstić information content (AvgIpc) is 3.13. The second kappa shape index (κ2) is 7.21. The topological polar surface area (TPSA) is 84.1 Å². The lowest BCUT2D eigenvalue weighted by molar-refractivity contribution is -0.121. The van der Waals surface area contributed by atoms with Crippen LogP contribution in [0.1, 0.15) is 24.0 Å². The number of rotatable bonds is 3. The summed E-state index contributed by atoms with van der Waals surface area (Å²) in [6, 6.07) is 4.11. The molecular weight excluding hydrogens is 477 g/mol. The second-order valence-corrected chi connectivity index (χ2v) is 9.57. The van der Waals surface area contributed by atoms with E-state index in [1.54, 1.807) is 7.11 Å². The van der Waals surface area contributed by atoms with Gasteiger partial charge < -0.3 is 9.84 Å². The maximum absolute atomic E-state index is 12.9. The van der Waals surface area contributed by atoms with Gasteiger partial charge in [0.2, 0.25) is 5.13 Å². The van der Waals surface area contributed by atoms with Crippen LogP contribution >= 0.6 is 33.9 Å². The van der Waals surface area contributed by atoms with Crippen molar-refractivity contribution < 1.29 is 14.6 Å². The number of alkyl halides is 1. The van der Waals surface area contributed by atoms with Gasteiger partial charge in [-0.25, -0.2) is 4.98 Å². The van der Waals surface area contributed by atoms with Crippen LogP contribution < -0.4 is 0 Å². The third-order valence-corrected chi connectivity index (χ3v) is 8.04. The van der Waals surface area contributed by atoms with Gasteiger partial charge in [0.15, 0.2) is 11.5 Å². The predicted molar refractivity (Wildman–Crippen MR) is 113 cm³/mol. The van der Waals surface area contributed by atoms with Crippen molar-refractivity contribution in [1.82, 2.24) is 4.98 Å². The Morgan fingerprint density at radius 3 is 2.81 bits per heavy atom. The Bertz CT molecular complexity index is 984. The fourth-order valence-corrected chi connectivity index (χ4v) is 6.40. The SMILES string of the molecule is COC1CCC2C(O)=C(N=Nc3nc4cc(C)cc(C)c4s3)C(=O)C2C1I. The van der Waals surface area contributed by atoms with Gasteiger partial charge in [0.25, 0.3) is 0 Å². The van der Waals surface area contributed by atoms with Crippen molar-refractivity contribution in [2.75, 3.05) is 7.11 Å². The minimum atomic E-state index is -0.293. The van der Waals surface area contributed by atoms with E-state index in [4.69, 9.17) is 4.74 Å². The molecule has 1 heterocycles. The van der Waals surface area contributed by atoms with Crippen molar-refractivity contribution in [2.24, 2.45) is 22.1 Å². The smallest absolute Gasteiger partial charge is 0.231 e. The fraction of sp³-hybridized carbons (Fsp3) is 0.474. The van der Waals surface area contributed by atoms with Gasteiger partial charge >= 0.3 is 0 Å². The average molecular weight is 497 g/mol. The van der Waals surface area contributed by atoms with E-state index in [1.165, 1.54) is 11.3 Å². The summed E-state index contributed by atoms with van der Waals surface area (Å²) in [6.45, 7) is 4.07. The minimum absolute atomic E-state index is 0.0155. The highest BCUT2D eigenvalue weighted by molar-refractivity contribution is 14.1. The van der Waals surface area contributed by atoms with Gasteiger partial charge in [-0.15, -0.1) is 10.2 Å². The minimum Gasteiger partial charge on any atom is -0.510 e. The van der Waals surface area contributed by atoms with Crippen molar-refractivity contribution >= 4 is 55.1 Å².